The van der Waals surface area contributed by atoms with Crippen molar-refractivity contribution in [3.63, 3.8) is 0 Å². The van der Waals surface area contributed by atoms with Crippen LogP contribution in [-0.2, 0) is 0 Å². The van der Waals surface area contributed by atoms with Gasteiger partial charge in [0.15, 0.2) is 0 Å². The summed E-state index contributed by atoms with van der Waals surface area (Å²) in [5, 5.41) is 10.1. The minimum absolute atomic E-state index is 0.213. The summed E-state index contributed by atoms with van der Waals surface area (Å²) in [6, 6.07) is 17.3. The van der Waals surface area contributed by atoms with Crippen molar-refractivity contribution in [2.45, 2.75) is 29.1 Å². The normalized spacial score (nSPS) is 14.7. The van der Waals surface area contributed by atoms with E-state index in [0.717, 1.165) is 32.9 Å². The van der Waals surface area contributed by atoms with Crippen LogP contribution >= 0.6 is 11.8 Å². The number of fused-ring (bicyclic) bond motifs is 1. The highest BCUT2D eigenvalue weighted by Crippen LogP contribution is 2.38. The van der Waals surface area contributed by atoms with Gasteiger partial charge in [-0.2, -0.15) is 5.10 Å². The van der Waals surface area contributed by atoms with E-state index in [1.807, 2.05) is 54.6 Å². The van der Waals surface area contributed by atoms with Crippen molar-refractivity contribution in [1.82, 2.24) is 9.78 Å². The number of hydrogen-bond donors (Lipinski definition) is 2. The Morgan fingerprint density at radius 2 is 1.84 bits per heavy atom. The number of benzene rings is 2. The molecule has 0 bridgehead atoms. The zero-order valence-corrected chi connectivity index (χ0v) is 17.1. The lowest BCUT2D eigenvalue weighted by atomic mass is 10.2. The summed E-state index contributed by atoms with van der Waals surface area (Å²) in [7, 11) is 0. The molecule has 5 rings (SSSR count). The first kappa shape index (κ1) is 19.6. The molecule has 0 atom stereocenters. The number of carbonyl (C=O) groups excluding carboxylic acids is 1. The van der Waals surface area contributed by atoms with Crippen LogP contribution < -0.4 is 10.6 Å². The first-order chi connectivity index (χ1) is 15.1. The summed E-state index contributed by atoms with van der Waals surface area (Å²) in [5.41, 5.74) is 2.33. The molecule has 0 saturated heterocycles. The zero-order valence-electron chi connectivity index (χ0n) is 16.3. The van der Waals surface area contributed by atoms with E-state index in [9.17, 15) is 13.6 Å². The fourth-order valence-corrected chi connectivity index (χ4v) is 4.27. The molecule has 1 aliphatic carbocycles. The molecule has 0 unspecified atom stereocenters. The molecule has 31 heavy (non-hydrogen) atoms. The van der Waals surface area contributed by atoms with Crippen LogP contribution in [0.3, 0.4) is 0 Å². The van der Waals surface area contributed by atoms with Gasteiger partial charge in [-0.05, 0) is 48.8 Å². The molecule has 2 heterocycles. The molecule has 1 fully saturated rings. The van der Waals surface area contributed by atoms with Crippen molar-refractivity contribution in [2.75, 3.05) is 10.6 Å². The summed E-state index contributed by atoms with van der Waals surface area (Å²) < 4.78 is 28.3. The number of allylic oxidation sites excluding steroid dienone is 3. The van der Waals surface area contributed by atoms with Crippen molar-refractivity contribution < 1.29 is 13.6 Å². The first-order valence-electron chi connectivity index (χ1n) is 9.80. The van der Waals surface area contributed by atoms with Gasteiger partial charge in [-0.25, -0.2) is 13.5 Å². The van der Waals surface area contributed by atoms with E-state index in [2.05, 4.69) is 15.7 Å². The number of halogens is 2. The lowest BCUT2D eigenvalue weighted by molar-refractivity contribution is 0.102. The van der Waals surface area contributed by atoms with Crippen molar-refractivity contribution in [1.29, 1.82) is 0 Å². The molecule has 5 nitrogen and oxygen atoms in total. The number of anilines is 2. The van der Waals surface area contributed by atoms with E-state index >= 15 is 0 Å². The van der Waals surface area contributed by atoms with Crippen LogP contribution in [0.1, 0.15) is 23.2 Å². The topological polar surface area (TPSA) is 59.0 Å². The zero-order chi connectivity index (χ0) is 21.4. The standard InChI is InChI=1S/C23H18F2N4OS/c24-21(25)19-12-18(14-10-11-14)27-22-16(13-26-29(19)22)23(30)28-17-8-4-5-9-20(17)31-15-6-2-1-3-7-15/h1-9,12-13,21,27H,10-11H2,(H,28,30). The summed E-state index contributed by atoms with van der Waals surface area (Å²) in [6.45, 7) is 0. The molecular weight excluding hydrogens is 418 g/mol. The van der Waals surface area contributed by atoms with Crippen LogP contribution in [0.5, 0.6) is 0 Å². The molecule has 8 heteroatoms. The summed E-state index contributed by atoms with van der Waals surface area (Å²) >= 11 is 1.53. The van der Waals surface area contributed by atoms with Gasteiger partial charge in [-0.3, -0.25) is 4.79 Å². The molecule has 1 aliphatic heterocycles. The fourth-order valence-electron chi connectivity index (χ4n) is 3.35. The van der Waals surface area contributed by atoms with Crippen LogP contribution in [0.15, 0.2) is 87.9 Å². The summed E-state index contributed by atoms with van der Waals surface area (Å²) in [6.07, 6.45) is 1.78. The van der Waals surface area contributed by atoms with E-state index in [1.165, 1.54) is 24.0 Å². The molecule has 156 valence electrons. The number of nitrogens with zero attached hydrogens (tertiary/aromatic N) is 2. The second kappa shape index (κ2) is 8.03. The Kier molecular flexibility index (Phi) is 5.07. The Labute approximate surface area is 181 Å². The van der Waals surface area contributed by atoms with Crippen molar-refractivity contribution in [3.8, 4) is 0 Å². The van der Waals surface area contributed by atoms with Gasteiger partial charge in [0, 0.05) is 15.5 Å². The minimum atomic E-state index is -2.70. The predicted octanol–water partition coefficient (Wildman–Crippen LogP) is 5.87. The number of amides is 1. The molecule has 2 aliphatic rings. The molecule has 1 saturated carbocycles. The number of hydrogen-bond acceptors (Lipinski definition) is 4. The molecule has 0 radical (unpaired) electrons. The third-order valence-electron chi connectivity index (χ3n) is 5.01. The largest absolute Gasteiger partial charge is 0.339 e. The fraction of sp³-hybridized carbons (Fsp3) is 0.130. The van der Waals surface area contributed by atoms with Gasteiger partial charge in [-0.1, -0.05) is 42.1 Å². The van der Waals surface area contributed by atoms with Gasteiger partial charge in [-0.15, -0.1) is 0 Å². The second-order valence-corrected chi connectivity index (χ2v) is 8.31. The maximum absolute atomic E-state index is 13.6. The maximum Gasteiger partial charge on any atom is 0.280 e. The second-order valence-electron chi connectivity index (χ2n) is 7.20. The summed E-state index contributed by atoms with van der Waals surface area (Å²) in [4.78, 5) is 15.0. The Balaban J connectivity index is 1.44. The Hall–Kier alpha value is -3.39. The van der Waals surface area contributed by atoms with E-state index in [1.54, 1.807) is 0 Å². The highest BCUT2D eigenvalue weighted by molar-refractivity contribution is 7.99. The lowest BCUT2D eigenvalue weighted by Gasteiger charge is -2.20. The van der Waals surface area contributed by atoms with Gasteiger partial charge in [0.2, 0.25) is 0 Å². The van der Waals surface area contributed by atoms with Crippen LogP contribution in [0.4, 0.5) is 20.3 Å². The number of nitrogens with one attached hydrogen (secondary N) is 2. The van der Waals surface area contributed by atoms with Gasteiger partial charge in [0.25, 0.3) is 12.3 Å². The minimum Gasteiger partial charge on any atom is -0.339 e. The number of para-hydroxylation sites is 1. The quantitative estimate of drug-likeness (QED) is 0.526. The van der Waals surface area contributed by atoms with Crippen LogP contribution in [0.2, 0.25) is 0 Å². The Bertz CT molecular complexity index is 1210. The van der Waals surface area contributed by atoms with Gasteiger partial charge in [0.1, 0.15) is 17.1 Å². The number of aromatic nitrogens is 2. The van der Waals surface area contributed by atoms with Crippen molar-refractivity contribution in [2.24, 2.45) is 0 Å². The molecule has 3 aromatic rings. The molecule has 1 amide bonds. The molecule has 1 aromatic heterocycles. The molecule has 0 spiro atoms. The third-order valence-corrected chi connectivity index (χ3v) is 6.10. The van der Waals surface area contributed by atoms with E-state index in [4.69, 9.17) is 0 Å². The smallest absolute Gasteiger partial charge is 0.280 e. The average molecular weight is 436 g/mol. The van der Waals surface area contributed by atoms with Crippen LogP contribution in [0, 0.1) is 0 Å². The van der Waals surface area contributed by atoms with Gasteiger partial charge < -0.3 is 10.6 Å². The Morgan fingerprint density at radius 3 is 2.58 bits per heavy atom. The van der Waals surface area contributed by atoms with Crippen molar-refractivity contribution >= 4 is 34.9 Å². The van der Waals surface area contributed by atoms with Crippen LogP contribution in [-0.4, -0.2) is 22.1 Å². The van der Waals surface area contributed by atoms with Crippen molar-refractivity contribution in [3.05, 3.63) is 83.7 Å². The monoisotopic (exact) mass is 436 g/mol. The molecular formula is C23H18F2N4OS. The summed E-state index contributed by atoms with van der Waals surface area (Å²) in [5.74, 6) is -0.150. The number of alkyl halides is 2. The van der Waals surface area contributed by atoms with Crippen LogP contribution in [0.25, 0.3) is 5.70 Å². The SMILES string of the molecule is O=C(Nc1ccccc1Sc1ccccc1)c1cnn2c1NC(=C1CC1)C=C2C(F)F. The third kappa shape index (κ3) is 3.98. The Morgan fingerprint density at radius 1 is 1.10 bits per heavy atom. The lowest BCUT2D eigenvalue weighted by Crippen LogP contribution is -2.20. The molecule has 2 N–H and O–H groups in total. The maximum atomic E-state index is 13.6. The van der Waals surface area contributed by atoms with E-state index in [0.29, 0.717) is 11.4 Å². The predicted molar refractivity (Wildman–Crippen MR) is 117 cm³/mol. The molecule has 2 aromatic carbocycles. The van der Waals surface area contributed by atoms with E-state index in [-0.39, 0.29) is 17.1 Å². The van der Waals surface area contributed by atoms with E-state index < -0.39 is 12.3 Å². The highest BCUT2D eigenvalue weighted by atomic mass is 32.2. The number of carbonyl (C=O) groups is 1. The highest BCUT2D eigenvalue weighted by Gasteiger charge is 2.30. The van der Waals surface area contributed by atoms with Gasteiger partial charge in [0.05, 0.1) is 11.9 Å². The van der Waals surface area contributed by atoms with Gasteiger partial charge >= 0.3 is 0 Å². The average Bonchev–Trinajstić information content (AvgIpc) is 3.54. The first-order valence-corrected chi connectivity index (χ1v) is 10.6. The number of rotatable bonds is 5.